The van der Waals surface area contributed by atoms with E-state index in [1.807, 2.05) is 10.9 Å². The lowest BCUT2D eigenvalue weighted by Gasteiger charge is -2.06. The third-order valence-corrected chi connectivity index (χ3v) is 2.20. The molecule has 0 aromatic carbocycles. The average Bonchev–Trinajstić information content (AvgIpc) is 2.53. The predicted molar refractivity (Wildman–Crippen MR) is 40.8 cm³/mol. The van der Waals surface area contributed by atoms with Crippen molar-refractivity contribution in [3.8, 4) is 0 Å². The fraction of sp³-hybridized carbons (Fsp3) is 0.714. The third-order valence-electron chi connectivity index (χ3n) is 2.20. The highest BCUT2D eigenvalue weighted by atomic mass is 15.4. The van der Waals surface area contributed by atoms with E-state index in [-0.39, 0.29) is 5.54 Å². The molecule has 4 nitrogen and oxygen atoms in total. The summed E-state index contributed by atoms with van der Waals surface area (Å²) >= 11 is 0. The topological polar surface area (TPSA) is 56.7 Å². The van der Waals surface area contributed by atoms with Gasteiger partial charge in [0.2, 0.25) is 0 Å². The van der Waals surface area contributed by atoms with Gasteiger partial charge in [0.15, 0.2) is 0 Å². The number of nitrogens with zero attached hydrogens (tertiary/aromatic N) is 3. The van der Waals surface area contributed by atoms with E-state index < -0.39 is 0 Å². The summed E-state index contributed by atoms with van der Waals surface area (Å²) in [5.41, 5.74) is 6.03. The molecule has 4 heteroatoms. The van der Waals surface area contributed by atoms with Crippen molar-refractivity contribution >= 4 is 0 Å². The molecule has 0 amide bonds. The molecule has 1 saturated carbocycles. The first-order valence-corrected chi connectivity index (χ1v) is 3.92. The maximum Gasteiger partial charge on any atom is 0.0692 e. The second-order valence-electron chi connectivity index (χ2n) is 3.28. The second kappa shape index (κ2) is 2.30. The number of hydrogen-bond acceptors (Lipinski definition) is 3. The number of hydrogen-bond donors (Lipinski definition) is 1. The monoisotopic (exact) mass is 152 g/mol. The van der Waals surface area contributed by atoms with E-state index in [0.29, 0.717) is 0 Å². The molecule has 0 atom stereocenters. The van der Waals surface area contributed by atoms with Crippen molar-refractivity contribution in [2.45, 2.75) is 31.3 Å². The molecule has 0 saturated heterocycles. The van der Waals surface area contributed by atoms with E-state index in [2.05, 4.69) is 10.3 Å². The van der Waals surface area contributed by atoms with Crippen LogP contribution in [-0.4, -0.2) is 20.5 Å². The van der Waals surface area contributed by atoms with E-state index in [0.717, 1.165) is 13.0 Å². The molecule has 0 bridgehead atoms. The molecule has 1 aliphatic carbocycles. The second-order valence-corrected chi connectivity index (χ2v) is 3.28. The quantitative estimate of drug-likeness (QED) is 0.671. The van der Waals surface area contributed by atoms with Crippen molar-refractivity contribution in [2.75, 3.05) is 0 Å². The van der Waals surface area contributed by atoms with Crippen molar-refractivity contribution in [1.29, 1.82) is 0 Å². The fourth-order valence-corrected chi connectivity index (χ4v) is 1.10. The van der Waals surface area contributed by atoms with E-state index in [1.165, 1.54) is 12.8 Å². The van der Waals surface area contributed by atoms with Crippen LogP contribution in [0.25, 0.3) is 0 Å². The Morgan fingerprint density at radius 2 is 2.36 bits per heavy atom. The summed E-state index contributed by atoms with van der Waals surface area (Å²) in [6.07, 6.45) is 6.92. The first kappa shape index (κ1) is 6.79. The molecule has 2 N–H and O–H groups in total. The van der Waals surface area contributed by atoms with Gasteiger partial charge in [0.1, 0.15) is 0 Å². The average molecular weight is 152 g/mol. The van der Waals surface area contributed by atoms with Crippen molar-refractivity contribution < 1.29 is 0 Å². The highest BCUT2D eigenvalue weighted by molar-refractivity contribution is 4.98. The number of aromatic nitrogens is 3. The van der Waals surface area contributed by atoms with Crippen molar-refractivity contribution in [3.05, 3.63) is 12.4 Å². The summed E-state index contributed by atoms with van der Waals surface area (Å²) < 4.78 is 1.83. The van der Waals surface area contributed by atoms with Gasteiger partial charge >= 0.3 is 0 Å². The highest BCUT2D eigenvalue weighted by Crippen LogP contribution is 2.35. The van der Waals surface area contributed by atoms with Gasteiger partial charge in [-0.3, -0.25) is 4.68 Å². The van der Waals surface area contributed by atoms with Crippen LogP contribution < -0.4 is 5.73 Å². The van der Waals surface area contributed by atoms with E-state index in [4.69, 9.17) is 5.73 Å². The lowest BCUT2D eigenvalue weighted by molar-refractivity contribution is 0.491. The first-order chi connectivity index (χ1) is 5.29. The lowest BCUT2D eigenvalue weighted by Crippen LogP contribution is -2.23. The van der Waals surface area contributed by atoms with Gasteiger partial charge in [-0.15, -0.1) is 5.10 Å². The van der Waals surface area contributed by atoms with Gasteiger partial charge in [0.25, 0.3) is 0 Å². The molecular weight excluding hydrogens is 140 g/mol. The largest absolute Gasteiger partial charge is 0.325 e. The van der Waals surface area contributed by atoms with Crippen molar-refractivity contribution in [1.82, 2.24) is 15.0 Å². The zero-order valence-corrected chi connectivity index (χ0v) is 6.40. The maximum atomic E-state index is 5.90. The van der Waals surface area contributed by atoms with Crippen LogP contribution in [-0.2, 0) is 6.54 Å². The molecule has 0 aliphatic heterocycles. The van der Waals surface area contributed by atoms with Crippen LogP contribution >= 0.6 is 0 Å². The smallest absolute Gasteiger partial charge is 0.0692 e. The Balaban J connectivity index is 1.83. The molecule has 1 aliphatic rings. The zero-order chi connectivity index (χ0) is 7.73. The Morgan fingerprint density at radius 3 is 2.91 bits per heavy atom. The summed E-state index contributed by atoms with van der Waals surface area (Å²) in [5, 5.41) is 7.57. The molecule has 0 radical (unpaired) electrons. The van der Waals surface area contributed by atoms with Crippen LogP contribution in [0.2, 0.25) is 0 Å². The highest BCUT2D eigenvalue weighted by Gasteiger charge is 2.37. The molecule has 1 aromatic heterocycles. The van der Waals surface area contributed by atoms with Gasteiger partial charge in [-0.2, -0.15) is 0 Å². The van der Waals surface area contributed by atoms with Crippen LogP contribution in [0, 0.1) is 0 Å². The summed E-state index contributed by atoms with van der Waals surface area (Å²) in [7, 11) is 0. The van der Waals surface area contributed by atoms with Crippen LogP contribution in [0.4, 0.5) is 0 Å². The standard InChI is InChI=1S/C7H12N4/c8-7(1-2-7)3-5-11-6-4-9-10-11/h4,6H,1-3,5,8H2. The SMILES string of the molecule is NC1(CCn2ccnn2)CC1. The number of rotatable bonds is 3. The predicted octanol–water partition coefficient (Wildman–Crippen LogP) is 0.159. The third kappa shape index (κ3) is 1.57. The lowest BCUT2D eigenvalue weighted by atomic mass is 10.2. The van der Waals surface area contributed by atoms with E-state index in [1.54, 1.807) is 6.20 Å². The van der Waals surface area contributed by atoms with Crippen LogP contribution in [0.1, 0.15) is 19.3 Å². The zero-order valence-electron chi connectivity index (χ0n) is 6.40. The Labute approximate surface area is 65.4 Å². The van der Waals surface area contributed by atoms with Crippen LogP contribution in [0.15, 0.2) is 12.4 Å². The van der Waals surface area contributed by atoms with Crippen LogP contribution in [0.5, 0.6) is 0 Å². The summed E-state index contributed by atoms with van der Waals surface area (Å²) in [5.74, 6) is 0. The van der Waals surface area contributed by atoms with Gasteiger partial charge in [0.05, 0.1) is 6.20 Å². The van der Waals surface area contributed by atoms with E-state index >= 15 is 0 Å². The molecule has 1 heterocycles. The molecule has 11 heavy (non-hydrogen) atoms. The first-order valence-electron chi connectivity index (χ1n) is 3.92. The van der Waals surface area contributed by atoms with Gasteiger partial charge in [-0.1, -0.05) is 5.21 Å². The molecule has 2 rings (SSSR count). The Morgan fingerprint density at radius 1 is 1.55 bits per heavy atom. The minimum Gasteiger partial charge on any atom is -0.325 e. The Hall–Kier alpha value is -0.900. The van der Waals surface area contributed by atoms with Gasteiger partial charge in [-0.05, 0) is 19.3 Å². The normalized spacial score (nSPS) is 20.1. The molecular formula is C7H12N4. The minimum atomic E-state index is 0.131. The van der Waals surface area contributed by atoms with Gasteiger partial charge in [-0.25, -0.2) is 0 Å². The maximum absolute atomic E-state index is 5.90. The van der Waals surface area contributed by atoms with Gasteiger partial charge in [0, 0.05) is 18.3 Å². The van der Waals surface area contributed by atoms with Gasteiger partial charge < -0.3 is 5.73 Å². The minimum absolute atomic E-state index is 0.131. The molecule has 1 fully saturated rings. The fourth-order valence-electron chi connectivity index (χ4n) is 1.10. The molecule has 0 unspecified atom stereocenters. The molecule has 60 valence electrons. The van der Waals surface area contributed by atoms with Crippen molar-refractivity contribution in [2.24, 2.45) is 5.73 Å². The number of nitrogens with two attached hydrogens (primary N) is 1. The van der Waals surface area contributed by atoms with Crippen molar-refractivity contribution in [3.63, 3.8) is 0 Å². The summed E-state index contributed by atoms with van der Waals surface area (Å²) in [6, 6.07) is 0. The summed E-state index contributed by atoms with van der Waals surface area (Å²) in [4.78, 5) is 0. The van der Waals surface area contributed by atoms with E-state index in [9.17, 15) is 0 Å². The molecule has 1 aromatic rings. The summed E-state index contributed by atoms with van der Waals surface area (Å²) in [6.45, 7) is 0.899. The Kier molecular flexibility index (Phi) is 1.42. The Bertz CT molecular complexity index is 225. The number of aryl methyl sites for hydroxylation is 1. The van der Waals surface area contributed by atoms with Crippen LogP contribution in [0.3, 0.4) is 0 Å². The molecule has 0 spiro atoms.